The quantitative estimate of drug-likeness (QED) is 0.475. The zero-order valence-electron chi connectivity index (χ0n) is 19.4. The fourth-order valence-electron chi connectivity index (χ4n) is 3.40. The van der Waals surface area contributed by atoms with Gasteiger partial charge in [0.25, 0.3) is 5.91 Å². The number of benzene rings is 2. The number of rotatable bonds is 10. The lowest BCUT2D eigenvalue weighted by Crippen LogP contribution is -2.51. The van der Waals surface area contributed by atoms with E-state index in [4.69, 9.17) is 27.9 Å². The molecule has 2 aromatic rings. The molecule has 0 aromatic heterocycles. The number of carbonyl (C=O) groups excluding carboxylic acids is 2. The minimum absolute atomic E-state index is 0.00358. The number of nitrogens with one attached hydrogen (secondary N) is 1. The minimum atomic E-state index is -0.674. The Morgan fingerprint density at radius 2 is 1.72 bits per heavy atom. The molecule has 0 aliphatic heterocycles. The number of nitrogens with zero attached hydrogens (tertiary/aromatic N) is 1. The molecule has 5 nitrogen and oxygen atoms in total. The molecule has 0 saturated heterocycles. The third kappa shape index (κ3) is 6.88. The number of carbonyl (C=O) groups is 2. The fourth-order valence-corrected chi connectivity index (χ4v) is 3.91. The van der Waals surface area contributed by atoms with Crippen LogP contribution in [0.4, 0.5) is 0 Å². The third-order valence-corrected chi connectivity index (χ3v) is 6.17. The van der Waals surface area contributed by atoms with E-state index in [0.717, 1.165) is 17.5 Å². The first-order valence-corrected chi connectivity index (χ1v) is 11.7. The van der Waals surface area contributed by atoms with Gasteiger partial charge in [0.05, 0.1) is 0 Å². The first-order chi connectivity index (χ1) is 15.2. The average molecular weight is 479 g/mol. The minimum Gasteiger partial charge on any atom is -0.483 e. The average Bonchev–Trinajstić information content (AvgIpc) is 2.74. The van der Waals surface area contributed by atoms with Crippen LogP contribution >= 0.6 is 23.2 Å². The molecule has 0 aliphatic rings. The Balaban J connectivity index is 2.30. The van der Waals surface area contributed by atoms with E-state index in [2.05, 4.69) is 5.32 Å². The summed E-state index contributed by atoms with van der Waals surface area (Å²) in [4.78, 5) is 27.8. The van der Waals surface area contributed by atoms with Crippen LogP contribution in [0.5, 0.6) is 5.75 Å². The van der Waals surface area contributed by atoms with Gasteiger partial charge in [0.15, 0.2) is 6.61 Å². The predicted octanol–water partition coefficient (Wildman–Crippen LogP) is 5.71. The number of ether oxygens (including phenoxy) is 1. The van der Waals surface area contributed by atoms with E-state index in [1.54, 1.807) is 18.2 Å². The van der Waals surface area contributed by atoms with Crippen molar-refractivity contribution >= 4 is 35.0 Å². The van der Waals surface area contributed by atoms with Gasteiger partial charge in [-0.1, -0.05) is 60.8 Å². The highest BCUT2D eigenvalue weighted by atomic mass is 35.5. The van der Waals surface area contributed by atoms with E-state index in [0.29, 0.717) is 27.8 Å². The molecule has 1 N–H and O–H groups in total. The number of aryl methyl sites for hydroxylation is 2. The SMILES string of the molecule is CC[C@H](C(=O)N[C@@H](C)CC)N(Cc1c(Cl)cccc1Cl)C(=O)COc1ccc(C)cc1C. The van der Waals surface area contributed by atoms with Gasteiger partial charge in [-0.3, -0.25) is 9.59 Å². The van der Waals surface area contributed by atoms with Gasteiger partial charge in [0.1, 0.15) is 11.8 Å². The second-order valence-corrected chi connectivity index (χ2v) is 8.84. The standard InChI is InChI=1S/C25H32Cl2N2O3/c1-6-18(5)28-25(31)22(7-2)29(14-19-20(26)9-8-10-21(19)27)24(30)15-32-23-12-11-16(3)13-17(23)4/h8-13,18,22H,6-7,14-15H2,1-5H3,(H,28,31)/t18-,22+/m0/s1. The highest BCUT2D eigenvalue weighted by molar-refractivity contribution is 6.36. The molecule has 174 valence electrons. The summed E-state index contributed by atoms with van der Waals surface area (Å²) < 4.78 is 5.82. The fraction of sp³-hybridized carbons (Fsp3) is 0.440. The molecule has 0 unspecified atom stereocenters. The van der Waals surface area contributed by atoms with Crippen LogP contribution in [-0.4, -0.2) is 35.4 Å². The second kappa shape index (κ2) is 12.1. The van der Waals surface area contributed by atoms with E-state index < -0.39 is 6.04 Å². The largest absolute Gasteiger partial charge is 0.483 e. The van der Waals surface area contributed by atoms with E-state index in [-0.39, 0.29) is 31.0 Å². The molecular weight excluding hydrogens is 447 g/mol. The van der Waals surface area contributed by atoms with Crippen LogP contribution in [0.1, 0.15) is 50.3 Å². The van der Waals surface area contributed by atoms with E-state index in [1.807, 2.05) is 52.8 Å². The molecule has 0 spiro atoms. The molecule has 0 aliphatic carbocycles. The van der Waals surface area contributed by atoms with Crippen molar-refractivity contribution in [1.29, 1.82) is 0 Å². The van der Waals surface area contributed by atoms with Crippen LogP contribution < -0.4 is 10.1 Å². The van der Waals surface area contributed by atoms with Gasteiger partial charge < -0.3 is 15.0 Å². The molecule has 0 fully saturated rings. The lowest BCUT2D eigenvalue weighted by atomic mass is 10.1. The van der Waals surface area contributed by atoms with Gasteiger partial charge in [-0.2, -0.15) is 0 Å². The van der Waals surface area contributed by atoms with Crippen molar-refractivity contribution in [3.05, 3.63) is 63.1 Å². The summed E-state index contributed by atoms with van der Waals surface area (Å²) in [6, 6.07) is 10.3. The molecule has 2 rings (SSSR count). The van der Waals surface area contributed by atoms with Gasteiger partial charge >= 0.3 is 0 Å². The first-order valence-electron chi connectivity index (χ1n) is 10.9. The van der Waals surface area contributed by atoms with Crippen molar-refractivity contribution in [2.75, 3.05) is 6.61 Å². The highest BCUT2D eigenvalue weighted by Crippen LogP contribution is 2.27. The van der Waals surface area contributed by atoms with E-state index in [1.165, 1.54) is 4.90 Å². The Kier molecular flexibility index (Phi) is 9.85. The third-order valence-electron chi connectivity index (χ3n) is 5.46. The normalized spacial score (nSPS) is 12.7. The Morgan fingerprint density at radius 1 is 1.06 bits per heavy atom. The molecule has 0 heterocycles. The van der Waals surface area contributed by atoms with Crippen LogP contribution in [0.15, 0.2) is 36.4 Å². The number of hydrogen-bond acceptors (Lipinski definition) is 3. The van der Waals surface area contributed by atoms with Gasteiger partial charge in [-0.15, -0.1) is 0 Å². The smallest absolute Gasteiger partial charge is 0.261 e. The maximum absolute atomic E-state index is 13.3. The van der Waals surface area contributed by atoms with E-state index in [9.17, 15) is 9.59 Å². The van der Waals surface area contributed by atoms with Crippen LogP contribution in [-0.2, 0) is 16.1 Å². The van der Waals surface area contributed by atoms with Crippen LogP contribution in [0, 0.1) is 13.8 Å². The van der Waals surface area contributed by atoms with Crippen molar-refractivity contribution in [2.45, 2.75) is 66.1 Å². The topological polar surface area (TPSA) is 58.6 Å². The molecule has 2 atom stereocenters. The maximum atomic E-state index is 13.3. The van der Waals surface area contributed by atoms with Crippen molar-refractivity contribution < 1.29 is 14.3 Å². The van der Waals surface area contributed by atoms with Crippen molar-refractivity contribution in [2.24, 2.45) is 0 Å². The Hall–Kier alpha value is -2.24. The predicted molar refractivity (Wildman–Crippen MR) is 130 cm³/mol. The van der Waals surface area contributed by atoms with Crippen LogP contribution in [0.2, 0.25) is 10.0 Å². The molecule has 0 saturated carbocycles. The molecule has 2 aromatic carbocycles. The highest BCUT2D eigenvalue weighted by Gasteiger charge is 2.30. The van der Waals surface area contributed by atoms with E-state index >= 15 is 0 Å². The molecule has 7 heteroatoms. The Bertz CT molecular complexity index is 929. The molecule has 0 radical (unpaired) electrons. The van der Waals surface area contributed by atoms with Crippen molar-refractivity contribution in [3.8, 4) is 5.75 Å². The lowest BCUT2D eigenvalue weighted by Gasteiger charge is -2.32. The summed E-state index contributed by atoms with van der Waals surface area (Å²) in [7, 11) is 0. The summed E-state index contributed by atoms with van der Waals surface area (Å²) in [5, 5.41) is 3.87. The molecule has 0 bridgehead atoms. The molecule has 32 heavy (non-hydrogen) atoms. The van der Waals surface area contributed by atoms with Gasteiger partial charge in [-0.05, 0) is 57.4 Å². The molecular formula is C25H32Cl2N2O3. The lowest BCUT2D eigenvalue weighted by molar-refractivity contribution is -0.143. The monoisotopic (exact) mass is 478 g/mol. The van der Waals surface area contributed by atoms with Crippen LogP contribution in [0.3, 0.4) is 0 Å². The van der Waals surface area contributed by atoms with Crippen molar-refractivity contribution in [3.63, 3.8) is 0 Å². The number of halogens is 2. The van der Waals surface area contributed by atoms with Gasteiger partial charge in [0.2, 0.25) is 5.91 Å². The van der Waals surface area contributed by atoms with Gasteiger partial charge in [0, 0.05) is 28.2 Å². The van der Waals surface area contributed by atoms with Crippen molar-refractivity contribution in [1.82, 2.24) is 10.2 Å². The Morgan fingerprint density at radius 3 is 2.28 bits per heavy atom. The maximum Gasteiger partial charge on any atom is 0.261 e. The summed E-state index contributed by atoms with van der Waals surface area (Å²) in [6.45, 7) is 9.65. The summed E-state index contributed by atoms with van der Waals surface area (Å²) in [6.07, 6.45) is 1.24. The zero-order chi connectivity index (χ0) is 23.8. The zero-order valence-corrected chi connectivity index (χ0v) is 20.9. The summed E-state index contributed by atoms with van der Waals surface area (Å²) in [5.41, 5.74) is 2.66. The molecule has 2 amide bonds. The van der Waals surface area contributed by atoms with Gasteiger partial charge in [-0.25, -0.2) is 0 Å². The second-order valence-electron chi connectivity index (χ2n) is 8.02. The summed E-state index contributed by atoms with van der Waals surface area (Å²) in [5.74, 6) is 0.119. The summed E-state index contributed by atoms with van der Waals surface area (Å²) >= 11 is 12.7. The Labute approximate surface area is 201 Å². The van der Waals surface area contributed by atoms with Crippen LogP contribution in [0.25, 0.3) is 0 Å². The number of hydrogen-bond donors (Lipinski definition) is 1. The number of amides is 2. The first kappa shape index (κ1) is 26.0.